The number of amides is 3. The Morgan fingerprint density at radius 2 is 1.69 bits per heavy atom. The molecule has 0 aromatic rings. The van der Waals surface area contributed by atoms with Gasteiger partial charge >= 0.3 is 0 Å². The van der Waals surface area contributed by atoms with Gasteiger partial charge < -0.3 is 20.3 Å². The van der Waals surface area contributed by atoms with Crippen molar-refractivity contribution in [2.45, 2.75) is 70.8 Å². The van der Waals surface area contributed by atoms with Crippen molar-refractivity contribution < 1.29 is 27.5 Å². The Balaban J connectivity index is 1.55. The highest BCUT2D eigenvalue weighted by Crippen LogP contribution is 2.38. The molecule has 0 aliphatic carbocycles. The Morgan fingerprint density at radius 1 is 1.03 bits per heavy atom. The van der Waals surface area contributed by atoms with Gasteiger partial charge in [-0.15, -0.1) is 0 Å². The number of sulfonamides is 1. The van der Waals surface area contributed by atoms with Crippen molar-refractivity contribution in [2.24, 2.45) is 11.3 Å². The number of carbonyl (C=O) groups excluding carboxylic acids is 3. The molecule has 3 saturated heterocycles. The molecule has 0 unspecified atom stereocenters. The fraction of sp³-hybridized carbons (Fsp3) is 0.875. The van der Waals surface area contributed by atoms with E-state index in [1.54, 1.807) is 6.92 Å². The summed E-state index contributed by atoms with van der Waals surface area (Å²) in [5.74, 6) is -0.0213. The van der Waals surface area contributed by atoms with Gasteiger partial charge in [-0.1, -0.05) is 6.42 Å². The van der Waals surface area contributed by atoms with Gasteiger partial charge in [-0.2, -0.15) is 0 Å². The van der Waals surface area contributed by atoms with Crippen LogP contribution < -0.4 is 10.6 Å². The molecule has 3 aliphatic heterocycles. The van der Waals surface area contributed by atoms with E-state index in [0.717, 1.165) is 19.3 Å². The van der Waals surface area contributed by atoms with Gasteiger partial charge in [0, 0.05) is 52.4 Å². The number of nitrogens with zero attached hydrogens (tertiary/aromatic N) is 2. The first-order chi connectivity index (χ1) is 16.6. The number of hydrogen-bond donors (Lipinski definition) is 2. The lowest BCUT2D eigenvalue weighted by molar-refractivity contribution is -0.143. The normalized spacial score (nSPS) is 26.6. The Kier molecular flexibility index (Phi) is 9.94. The average molecular weight is 515 g/mol. The summed E-state index contributed by atoms with van der Waals surface area (Å²) in [7, 11) is -3.18. The maximum Gasteiger partial charge on any atom is 0.242 e. The third-order valence-corrected chi connectivity index (χ3v) is 9.06. The Morgan fingerprint density at radius 3 is 2.34 bits per heavy atom. The fourth-order valence-corrected chi connectivity index (χ4v) is 6.19. The first kappa shape index (κ1) is 27.9. The van der Waals surface area contributed by atoms with E-state index < -0.39 is 21.5 Å². The van der Waals surface area contributed by atoms with Crippen molar-refractivity contribution in [1.29, 1.82) is 0 Å². The van der Waals surface area contributed by atoms with Gasteiger partial charge in [-0.3, -0.25) is 14.4 Å². The van der Waals surface area contributed by atoms with E-state index in [1.165, 1.54) is 10.6 Å². The smallest absolute Gasteiger partial charge is 0.242 e. The Hall–Kier alpha value is -1.72. The highest BCUT2D eigenvalue weighted by Gasteiger charge is 2.42. The van der Waals surface area contributed by atoms with Crippen molar-refractivity contribution in [3.05, 3.63) is 0 Å². The van der Waals surface area contributed by atoms with Gasteiger partial charge in [0.1, 0.15) is 6.04 Å². The molecular weight excluding hydrogens is 472 g/mol. The van der Waals surface area contributed by atoms with Crippen LogP contribution in [0.15, 0.2) is 0 Å². The van der Waals surface area contributed by atoms with Crippen LogP contribution in [0, 0.1) is 11.3 Å². The standard InChI is InChI=1S/C24H42N4O6S/c1-19-22(30)25-11-5-17-34-16-4-3-8-24(23(31)26-19)9-14-27(15-10-24)21(29)18-20-6-12-28(13-7-20)35(2,32)33/h19-20H,3-18H2,1-2H3,(H,25,30)(H,26,31)/t19-/m0/s1. The van der Waals surface area contributed by atoms with Crippen LogP contribution in [0.5, 0.6) is 0 Å². The summed E-state index contributed by atoms with van der Waals surface area (Å²) in [6.45, 7) is 5.45. The lowest BCUT2D eigenvalue weighted by Gasteiger charge is -2.42. The van der Waals surface area contributed by atoms with Crippen LogP contribution in [0.1, 0.15) is 64.7 Å². The van der Waals surface area contributed by atoms with E-state index in [2.05, 4.69) is 10.6 Å². The summed E-state index contributed by atoms with van der Waals surface area (Å²) in [5.41, 5.74) is -0.587. The van der Waals surface area contributed by atoms with Crippen LogP contribution in [0.25, 0.3) is 0 Å². The zero-order valence-corrected chi connectivity index (χ0v) is 22.0. The van der Waals surface area contributed by atoms with Crippen LogP contribution in [-0.2, 0) is 29.1 Å². The second-order valence-corrected chi connectivity index (χ2v) is 12.4. The van der Waals surface area contributed by atoms with Crippen molar-refractivity contribution in [1.82, 2.24) is 19.8 Å². The van der Waals surface area contributed by atoms with E-state index in [4.69, 9.17) is 4.74 Å². The molecular formula is C24H42N4O6S. The molecule has 3 aliphatic rings. The molecule has 200 valence electrons. The lowest BCUT2D eigenvalue weighted by Crippen LogP contribution is -2.54. The van der Waals surface area contributed by atoms with E-state index in [-0.39, 0.29) is 23.6 Å². The Bertz CT molecular complexity index is 848. The molecule has 0 bridgehead atoms. The minimum atomic E-state index is -3.18. The molecule has 3 rings (SSSR count). The monoisotopic (exact) mass is 514 g/mol. The molecule has 0 saturated carbocycles. The van der Waals surface area contributed by atoms with Crippen LogP contribution in [0.4, 0.5) is 0 Å². The zero-order chi connectivity index (χ0) is 25.5. The molecule has 0 aromatic carbocycles. The largest absolute Gasteiger partial charge is 0.381 e. The lowest BCUT2D eigenvalue weighted by atomic mass is 9.73. The summed E-state index contributed by atoms with van der Waals surface area (Å²) in [6.07, 6.45) is 7.39. The maximum absolute atomic E-state index is 13.3. The summed E-state index contributed by atoms with van der Waals surface area (Å²) in [4.78, 5) is 40.5. The minimum Gasteiger partial charge on any atom is -0.381 e. The number of piperidine rings is 2. The third-order valence-electron chi connectivity index (χ3n) is 7.76. The quantitative estimate of drug-likeness (QED) is 0.576. The second-order valence-electron chi connectivity index (χ2n) is 10.4. The summed E-state index contributed by atoms with van der Waals surface area (Å²) in [6, 6.07) is -0.610. The Labute approximate surface area is 209 Å². The SMILES string of the molecule is C[C@@H]1NC(=O)C2(CCCCOCCCNC1=O)CCN(C(=O)CC1CCN(S(C)(=O)=O)CC1)CC2. The highest BCUT2D eigenvalue weighted by molar-refractivity contribution is 7.88. The molecule has 1 atom stereocenters. The number of nitrogens with one attached hydrogen (secondary N) is 2. The number of ether oxygens (including phenoxy) is 1. The molecule has 35 heavy (non-hydrogen) atoms. The number of hydrogen-bond acceptors (Lipinski definition) is 6. The second kappa shape index (κ2) is 12.5. The molecule has 3 amide bonds. The molecule has 0 radical (unpaired) electrons. The number of rotatable bonds is 3. The first-order valence-corrected chi connectivity index (χ1v) is 14.8. The van der Waals surface area contributed by atoms with Crippen molar-refractivity contribution in [3.63, 3.8) is 0 Å². The molecule has 0 aromatic heterocycles. The van der Waals surface area contributed by atoms with E-state index >= 15 is 0 Å². The van der Waals surface area contributed by atoms with Gasteiger partial charge in [0.25, 0.3) is 0 Å². The highest BCUT2D eigenvalue weighted by atomic mass is 32.2. The van der Waals surface area contributed by atoms with E-state index in [9.17, 15) is 22.8 Å². The summed E-state index contributed by atoms with van der Waals surface area (Å²) in [5, 5.41) is 5.78. The predicted octanol–water partition coefficient (Wildman–Crippen LogP) is 0.868. The van der Waals surface area contributed by atoms with Gasteiger partial charge in [-0.25, -0.2) is 12.7 Å². The molecule has 10 nitrogen and oxygen atoms in total. The molecule has 3 fully saturated rings. The minimum absolute atomic E-state index is 0.0834. The van der Waals surface area contributed by atoms with Crippen LogP contribution in [-0.4, -0.2) is 93.6 Å². The van der Waals surface area contributed by atoms with Crippen LogP contribution in [0.3, 0.4) is 0 Å². The average Bonchev–Trinajstić information content (AvgIpc) is 2.82. The van der Waals surface area contributed by atoms with Crippen molar-refractivity contribution in [2.75, 3.05) is 52.2 Å². The predicted molar refractivity (Wildman–Crippen MR) is 132 cm³/mol. The summed E-state index contributed by atoms with van der Waals surface area (Å²) < 4.78 is 30.6. The number of likely N-dealkylation sites (tertiary alicyclic amines) is 1. The topological polar surface area (TPSA) is 125 Å². The van der Waals surface area contributed by atoms with Gasteiger partial charge in [-0.05, 0) is 57.8 Å². The van der Waals surface area contributed by atoms with Gasteiger partial charge in [0.15, 0.2) is 0 Å². The summed E-state index contributed by atoms with van der Waals surface area (Å²) >= 11 is 0. The first-order valence-electron chi connectivity index (χ1n) is 13.0. The fourth-order valence-electron chi connectivity index (χ4n) is 5.32. The molecule has 3 heterocycles. The van der Waals surface area contributed by atoms with Crippen LogP contribution in [0.2, 0.25) is 0 Å². The molecule has 1 spiro atoms. The zero-order valence-electron chi connectivity index (χ0n) is 21.2. The van der Waals surface area contributed by atoms with Crippen LogP contribution >= 0.6 is 0 Å². The van der Waals surface area contributed by atoms with Crippen molar-refractivity contribution in [3.8, 4) is 0 Å². The maximum atomic E-state index is 13.3. The van der Waals surface area contributed by atoms with Gasteiger partial charge in [0.2, 0.25) is 27.7 Å². The number of carbonyl (C=O) groups is 3. The third kappa shape index (κ3) is 7.88. The van der Waals surface area contributed by atoms with E-state index in [0.29, 0.717) is 84.5 Å². The molecule has 11 heteroatoms. The van der Waals surface area contributed by atoms with E-state index in [1.807, 2.05) is 4.90 Å². The van der Waals surface area contributed by atoms with Gasteiger partial charge in [0.05, 0.1) is 11.7 Å². The van der Waals surface area contributed by atoms with Crippen molar-refractivity contribution >= 4 is 27.7 Å². The molecule has 2 N–H and O–H groups in total.